The number of carbonyl (C=O) groups is 1. The predicted octanol–water partition coefficient (Wildman–Crippen LogP) is 4.29. The third-order valence-corrected chi connectivity index (χ3v) is 4.52. The lowest BCUT2D eigenvalue weighted by Gasteiger charge is -2.11. The molecule has 0 spiro atoms. The van der Waals surface area contributed by atoms with Crippen LogP contribution in [0.4, 0.5) is 5.69 Å². The summed E-state index contributed by atoms with van der Waals surface area (Å²) in [7, 11) is 0. The van der Waals surface area contributed by atoms with Gasteiger partial charge in [-0.05, 0) is 48.6 Å². The Labute approximate surface area is 152 Å². The van der Waals surface area contributed by atoms with Crippen LogP contribution in [0.1, 0.15) is 24.8 Å². The Morgan fingerprint density at radius 2 is 2.08 bits per heavy atom. The normalized spacial score (nSPS) is 17.3. The highest BCUT2D eigenvalue weighted by Crippen LogP contribution is 2.35. The first-order chi connectivity index (χ1) is 12.8. The van der Waals surface area contributed by atoms with Gasteiger partial charge in [0.05, 0.1) is 0 Å². The van der Waals surface area contributed by atoms with Gasteiger partial charge in [-0.2, -0.15) is 0 Å². The molecule has 134 valence electrons. The summed E-state index contributed by atoms with van der Waals surface area (Å²) in [5.74, 6) is 2.57. The molecule has 1 amide bonds. The van der Waals surface area contributed by atoms with Gasteiger partial charge in [0.2, 0.25) is 12.7 Å². The van der Waals surface area contributed by atoms with Crippen molar-refractivity contribution in [2.45, 2.75) is 25.9 Å². The fraction of sp³-hybridized carbons (Fsp3) is 0.286. The van der Waals surface area contributed by atoms with E-state index >= 15 is 0 Å². The lowest BCUT2D eigenvalue weighted by Crippen LogP contribution is -2.14. The van der Waals surface area contributed by atoms with Crippen LogP contribution in [0.3, 0.4) is 0 Å². The highest BCUT2D eigenvalue weighted by molar-refractivity contribution is 5.91. The van der Waals surface area contributed by atoms with Crippen molar-refractivity contribution < 1.29 is 19.0 Å². The molecule has 2 aliphatic rings. The molecular weight excluding hydrogens is 330 g/mol. The number of benzene rings is 2. The zero-order valence-corrected chi connectivity index (χ0v) is 14.4. The van der Waals surface area contributed by atoms with Crippen LogP contribution in [-0.2, 0) is 11.4 Å². The number of fused-ring (bicyclic) bond motifs is 1. The van der Waals surface area contributed by atoms with Crippen LogP contribution >= 0.6 is 0 Å². The van der Waals surface area contributed by atoms with Crippen LogP contribution in [0.15, 0.2) is 54.6 Å². The maximum atomic E-state index is 12.2. The minimum absolute atomic E-state index is 0.0513. The molecule has 1 atom stereocenters. The van der Waals surface area contributed by atoms with E-state index in [9.17, 15) is 4.79 Å². The number of rotatable bonds is 6. The Morgan fingerprint density at radius 1 is 1.15 bits per heavy atom. The second kappa shape index (κ2) is 7.52. The van der Waals surface area contributed by atoms with E-state index in [-0.39, 0.29) is 12.7 Å². The van der Waals surface area contributed by atoms with E-state index in [4.69, 9.17) is 14.2 Å². The van der Waals surface area contributed by atoms with E-state index in [0.717, 1.165) is 35.6 Å². The van der Waals surface area contributed by atoms with Gasteiger partial charge in [-0.15, -0.1) is 0 Å². The third-order valence-electron chi connectivity index (χ3n) is 4.52. The van der Waals surface area contributed by atoms with Gasteiger partial charge in [-0.1, -0.05) is 24.3 Å². The van der Waals surface area contributed by atoms with Crippen molar-refractivity contribution in [2.75, 3.05) is 12.1 Å². The Balaban J connectivity index is 1.33. The summed E-state index contributed by atoms with van der Waals surface area (Å²) in [4.78, 5) is 12.2. The van der Waals surface area contributed by atoms with Crippen molar-refractivity contribution in [3.8, 4) is 17.2 Å². The monoisotopic (exact) mass is 351 g/mol. The minimum atomic E-state index is 0.0513. The van der Waals surface area contributed by atoms with E-state index in [1.165, 1.54) is 0 Å². The highest BCUT2D eigenvalue weighted by Gasteiger charge is 2.15. The zero-order valence-electron chi connectivity index (χ0n) is 14.4. The lowest BCUT2D eigenvalue weighted by molar-refractivity contribution is -0.116. The summed E-state index contributed by atoms with van der Waals surface area (Å²) in [5, 5.41) is 2.98. The lowest BCUT2D eigenvalue weighted by atomic mass is 10.0. The van der Waals surface area contributed by atoms with Crippen molar-refractivity contribution in [3.05, 3.63) is 60.2 Å². The number of hydrogen-bond acceptors (Lipinski definition) is 4. The number of nitrogens with one attached hydrogen (secondary N) is 1. The fourth-order valence-electron chi connectivity index (χ4n) is 3.19. The zero-order chi connectivity index (χ0) is 17.8. The molecule has 2 aromatic carbocycles. The van der Waals surface area contributed by atoms with Crippen molar-refractivity contribution in [1.82, 2.24) is 0 Å². The van der Waals surface area contributed by atoms with Crippen molar-refractivity contribution in [2.24, 2.45) is 5.92 Å². The summed E-state index contributed by atoms with van der Waals surface area (Å²) < 4.78 is 16.5. The Hall–Kier alpha value is -2.95. The summed E-state index contributed by atoms with van der Waals surface area (Å²) in [6.45, 7) is 0.659. The average molecular weight is 351 g/mol. The molecule has 4 rings (SSSR count). The molecule has 2 aromatic rings. The Morgan fingerprint density at radius 3 is 2.96 bits per heavy atom. The largest absolute Gasteiger partial charge is 0.489 e. The van der Waals surface area contributed by atoms with Gasteiger partial charge < -0.3 is 19.5 Å². The molecule has 5 heteroatoms. The molecule has 0 saturated carbocycles. The second-order valence-corrected chi connectivity index (χ2v) is 6.52. The second-order valence-electron chi connectivity index (χ2n) is 6.52. The number of allylic oxidation sites excluding steroid dienone is 2. The smallest absolute Gasteiger partial charge is 0.231 e. The average Bonchev–Trinajstić information content (AvgIpc) is 3.31. The Kier molecular flexibility index (Phi) is 4.78. The van der Waals surface area contributed by atoms with Crippen molar-refractivity contribution in [3.63, 3.8) is 0 Å². The van der Waals surface area contributed by atoms with Crippen molar-refractivity contribution in [1.29, 1.82) is 0 Å². The molecule has 0 fully saturated rings. The molecule has 1 aliphatic carbocycles. The van der Waals surface area contributed by atoms with Crippen LogP contribution in [0.5, 0.6) is 17.2 Å². The SMILES string of the molecule is O=C(C[C@H]1C=CCC1)Nc1cccc(COc2ccc3c(c2)OCO3)c1. The number of hydrogen-bond donors (Lipinski definition) is 1. The van der Waals surface area contributed by atoms with E-state index in [1.807, 2.05) is 42.5 Å². The van der Waals surface area contributed by atoms with Crippen LogP contribution in [0.25, 0.3) is 0 Å². The maximum Gasteiger partial charge on any atom is 0.231 e. The fourth-order valence-corrected chi connectivity index (χ4v) is 3.19. The number of ether oxygens (including phenoxy) is 3. The summed E-state index contributed by atoms with van der Waals surface area (Å²) >= 11 is 0. The number of amides is 1. The van der Waals surface area contributed by atoms with Gasteiger partial charge in [0.25, 0.3) is 0 Å². The van der Waals surface area contributed by atoms with E-state index in [0.29, 0.717) is 24.7 Å². The quantitative estimate of drug-likeness (QED) is 0.789. The molecule has 0 aromatic heterocycles. The summed E-state index contributed by atoms with van der Waals surface area (Å²) in [6, 6.07) is 13.2. The van der Waals surface area contributed by atoms with Gasteiger partial charge in [-0.25, -0.2) is 0 Å². The first-order valence-electron chi connectivity index (χ1n) is 8.84. The first kappa shape index (κ1) is 16.5. The van der Waals surface area contributed by atoms with E-state index in [1.54, 1.807) is 0 Å². The number of anilines is 1. The van der Waals surface area contributed by atoms with Gasteiger partial charge in [0.15, 0.2) is 11.5 Å². The van der Waals surface area contributed by atoms with Crippen LogP contribution in [-0.4, -0.2) is 12.7 Å². The van der Waals surface area contributed by atoms with Crippen LogP contribution in [0, 0.1) is 5.92 Å². The van der Waals surface area contributed by atoms with Gasteiger partial charge in [-0.3, -0.25) is 4.79 Å². The maximum absolute atomic E-state index is 12.2. The molecule has 0 radical (unpaired) electrons. The summed E-state index contributed by atoms with van der Waals surface area (Å²) in [5.41, 5.74) is 1.78. The van der Waals surface area contributed by atoms with E-state index < -0.39 is 0 Å². The van der Waals surface area contributed by atoms with Crippen LogP contribution < -0.4 is 19.5 Å². The van der Waals surface area contributed by atoms with E-state index in [2.05, 4.69) is 17.5 Å². The number of carbonyl (C=O) groups excluding carboxylic acids is 1. The van der Waals surface area contributed by atoms with Gasteiger partial charge in [0, 0.05) is 18.2 Å². The molecule has 0 saturated heterocycles. The van der Waals surface area contributed by atoms with Crippen LogP contribution in [0.2, 0.25) is 0 Å². The molecule has 1 heterocycles. The van der Waals surface area contributed by atoms with Gasteiger partial charge in [0.1, 0.15) is 12.4 Å². The molecule has 26 heavy (non-hydrogen) atoms. The minimum Gasteiger partial charge on any atom is -0.489 e. The topological polar surface area (TPSA) is 56.8 Å². The molecular formula is C21H21NO4. The predicted molar refractivity (Wildman–Crippen MR) is 98.4 cm³/mol. The summed E-state index contributed by atoms with van der Waals surface area (Å²) in [6.07, 6.45) is 6.96. The molecule has 1 N–H and O–H groups in total. The van der Waals surface area contributed by atoms with Gasteiger partial charge >= 0.3 is 0 Å². The molecule has 1 aliphatic heterocycles. The molecule has 5 nitrogen and oxygen atoms in total. The highest BCUT2D eigenvalue weighted by atomic mass is 16.7. The molecule has 0 unspecified atom stereocenters. The molecule has 0 bridgehead atoms. The van der Waals surface area contributed by atoms with Crippen molar-refractivity contribution >= 4 is 11.6 Å². The third kappa shape index (κ3) is 3.99. The first-order valence-corrected chi connectivity index (χ1v) is 8.84. The Bertz CT molecular complexity index is 831. The standard InChI is InChI=1S/C21H21NO4/c23-21(11-15-4-1-2-5-15)22-17-7-3-6-16(10-17)13-24-18-8-9-19-20(12-18)26-14-25-19/h1,3-4,6-10,12,15H,2,5,11,13-14H2,(H,22,23)/t15-/m0/s1.